The number of carbonyl (C=O) groups excluding carboxylic acids is 1. The number of benzene rings is 1. The van der Waals surface area contributed by atoms with Crippen LogP contribution in [0.3, 0.4) is 0 Å². The van der Waals surface area contributed by atoms with Crippen molar-refractivity contribution in [2.75, 3.05) is 19.5 Å². The molecule has 28 heavy (non-hydrogen) atoms. The number of ether oxygens (including phenoxy) is 1. The lowest BCUT2D eigenvalue weighted by Crippen LogP contribution is -2.48. The lowest BCUT2D eigenvalue weighted by Gasteiger charge is -2.39. The van der Waals surface area contributed by atoms with E-state index in [1.807, 2.05) is 33.7 Å². The topological polar surface area (TPSA) is 60.2 Å². The van der Waals surface area contributed by atoms with Gasteiger partial charge in [0, 0.05) is 29.8 Å². The van der Waals surface area contributed by atoms with Gasteiger partial charge in [-0.3, -0.25) is 9.36 Å². The molecule has 1 aromatic carbocycles. The Morgan fingerprint density at radius 3 is 2.54 bits per heavy atom. The maximum Gasteiger partial charge on any atom is 0.233 e. The Morgan fingerprint density at radius 1 is 1.21 bits per heavy atom. The molecule has 1 aliphatic heterocycles. The molecule has 2 atom stereocenters. The number of hydrogen-bond donors (Lipinski definition) is 0. The molecule has 2 heterocycles. The van der Waals surface area contributed by atoms with E-state index >= 15 is 0 Å². The zero-order valence-electron chi connectivity index (χ0n) is 16.6. The van der Waals surface area contributed by atoms with E-state index in [2.05, 4.69) is 24.0 Å². The first-order valence-electron chi connectivity index (χ1n) is 9.63. The smallest absolute Gasteiger partial charge is 0.233 e. The van der Waals surface area contributed by atoms with E-state index in [0.717, 1.165) is 29.4 Å². The average Bonchev–Trinajstić information content (AvgIpc) is 3.08. The molecule has 0 saturated carbocycles. The van der Waals surface area contributed by atoms with Crippen LogP contribution in [0, 0.1) is 0 Å². The van der Waals surface area contributed by atoms with Gasteiger partial charge in [0.2, 0.25) is 5.91 Å². The highest BCUT2D eigenvalue weighted by Crippen LogP contribution is 2.27. The number of amides is 1. The zero-order valence-corrected chi connectivity index (χ0v) is 18.2. The maximum absolute atomic E-state index is 12.8. The molecule has 0 N–H and O–H groups in total. The number of methoxy groups -OCH3 is 1. The average molecular weight is 423 g/mol. The lowest BCUT2D eigenvalue weighted by molar-refractivity contribution is -0.134. The van der Waals surface area contributed by atoms with Gasteiger partial charge in [0.25, 0.3) is 0 Å². The molecule has 6 nitrogen and oxygen atoms in total. The van der Waals surface area contributed by atoms with Crippen molar-refractivity contribution < 1.29 is 9.53 Å². The minimum Gasteiger partial charge on any atom is -0.383 e. The van der Waals surface area contributed by atoms with Crippen molar-refractivity contribution in [1.29, 1.82) is 0 Å². The van der Waals surface area contributed by atoms with Crippen molar-refractivity contribution in [3.63, 3.8) is 0 Å². The van der Waals surface area contributed by atoms with Crippen molar-refractivity contribution in [3.8, 4) is 11.4 Å². The molecule has 1 amide bonds. The zero-order chi connectivity index (χ0) is 20.1. The summed E-state index contributed by atoms with van der Waals surface area (Å²) in [5.74, 6) is 1.28. The number of likely N-dealkylation sites (tertiary alicyclic amines) is 1. The van der Waals surface area contributed by atoms with Crippen molar-refractivity contribution >= 4 is 29.3 Å². The summed E-state index contributed by atoms with van der Waals surface area (Å²) in [4.78, 5) is 14.9. The molecule has 1 fully saturated rings. The number of thioether (sulfide) groups is 1. The second-order valence-electron chi connectivity index (χ2n) is 7.18. The summed E-state index contributed by atoms with van der Waals surface area (Å²) in [6.45, 7) is 5.44. The molecule has 152 valence electrons. The van der Waals surface area contributed by atoms with Gasteiger partial charge < -0.3 is 9.64 Å². The fraction of sp³-hybridized carbons (Fsp3) is 0.550. The third kappa shape index (κ3) is 4.88. The van der Waals surface area contributed by atoms with Crippen LogP contribution in [0.4, 0.5) is 0 Å². The third-order valence-corrected chi connectivity index (χ3v) is 6.35. The fourth-order valence-corrected chi connectivity index (χ4v) is 4.67. The monoisotopic (exact) mass is 422 g/mol. The minimum absolute atomic E-state index is 0.166. The largest absolute Gasteiger partial charge is 0.383 e. The molecule has 2 aromatic rings. The summed E-state index contributed by atoms with van der Waals surface area (Å²) >= 11 is 7.44. The van der Waals surface area contributed by atoms with E-state index in [1.54, 1.807) is 7.11 Å². The fourth-order valence-electron chi connectivity index (χ4n) is 3.71. The van der Waals surface area contributed by atoms with Crippen LogP contribution >= 0.6 is 23.4 Å². The van der Waals surface area contributed by atoms with Gasteiger partial charge in [-0.25, -0.2) is 0 Å². The van der Waals surface area contributed by atoms with Gasteiger partial charge >= 0.3 is 0 Å². The van der Waals surface area contributed by atoms with Gasteiger partial charge in [0.1, 0.15) is 0 Å². The highest BCUT2D eigenvalue weighted by atomic mass is 35.5. The second kappa shape index (κ2) is 9.76. The predicted octanol–water partition coefficient (Wildman–Crippen LogP) is 4.13. The number of hydrogen-bond acceptors (Lipinski definition) is 5. The van der Waals surface area contributed by atoms with E-state index in [0.29, 0.717) is 36.0 Å². The molecule has 0 bridgehead atoms. The molecule has 1 aromatic heterocycles. The number of piperidine rings is 1. The van der Waals surface area contributed by atoms with E-state index in [1.165, 1.54) is 18.2 Å². The van der Waals surface area contributed by atoms with Crippen LogP contribution in [0.15, 0.2) is 29.4 Å². The van der Waals surface area contributed by atoms with Crippen LogP contribution in [-0.2, 0) is 16.1 Å². The SMILES string of the molecule is COCCn1c(SCC(=O)N2[C@H](C)CCC[C@H]2C)nnc1-c1ccc(Cl)cc1. The summed E-state index contributed by atoms with van der Waals surface area (Å²) < 4.78 is 7.25. The summed E-state index contributed by atoms with van der Waals surface area (Å²) in [5.41, 5.74) is 0.935. The van der Waals surface area contributed by atoms with Crippen LogP contribution in [-0.4, -0.2) is 57.1 Å². The van der Waals surface area contributed by atoms with E-state index in [-0.39, 0.29) is 5.91 Å². The van der Waals surface area contributed by atoms with E-state index in [9.17, 15) is 4.79 Å². The first-order chi connectivity index (χ1) is 13.5. The Morgan fingerprint density at radius 2 is 1.89 bits per heavy atom. The standard InChI is InChI=1S/C20H27ClN4O2S/c1-14-5-4-6-15(2)25(14)18(26)13-28-20-23-22-19(24(20)11-12-27-3)16-7-9-17(21)10-8-16/h7-10,14-15H,4-6,11-13H2,1-3H3/t14-,15-/m1/s1. The van der Waals surface area contributed by atoms with E-state index in [4.69, 9.17) is 16.3 Å². The van der Waals surface area contributed by atoms with Crippen LogP contribution in [0.2, 0.25) is 5.02 Å². The predicted molar refractivity (Wildman–Crippen MR) is 113 cm³/mol. The van der Waals surface area contributed by atoms with Crippen molar-refractivity contribution in [2.45, 2.75) is 56.9 Å². The molecule has 1 saturated heterocycles. The Balaban J connectivity index is 1.75. The lowest BCUT2D eigenvalue weighted by atomic mass is 9.98. The molecular formula is C20H27ClN4O2S. The summed E-state index contributed by atoms with van der Waals surface area (Å²) in [6, 6.07) is 8.11. The van der Waals surface area contributed by atoms with Gasteiger partial charge in [-0.05, 0) is 57.4 Å². The Kier molecular flexibility index (Phi) is 7.37. The number of halogens is 1. The molecule has 0 radical (unpaired) electrons. The van der Waals surface area contributed by atoms with Gasteiger partial charge in [-0.1, -0.05) is 23.4 Å². The van der Waals surface area contributed by atoms with Crippen molar-refractivity contribution in [1.82, 2.24) is 19.7 Å². The number of rotatable bonds is 7. The third-order valence-electron chi connectivity index (χ3n) is 5.14. The van der Waals surface area contributed by atoms with Crippen LogP contribution < -0.4 is 0 Å². The first kappa shape index (κ1) is 21.1. The quantitative estimate of drug-likeness (QED) is 0.628. The summed E-state index contributed by atoms with van der Waals surface area (Å²) in [6.07, 6.45) is 3.34. The number of carbonyl (C=O) groups is 1. The van der Waals surface area contributed by atoms with Gasteiger partial charge in [0.15, 0.2) is 11.0 Å². The number of nitrogens with zero attached hydrogens (tertiary/aromatic N) is 4. The highest BCUT2D eigenvalue weighted by molar-refractivity contribution is 7.99. The first-order valence-corrected chi connectivity index (χ1v) is 11.0. The van der Waals surface area contributed by atoms with Crippen molar-refractivity contribution in [3.05, 3.63) is 29.3 Å². The summed E-state index contributed by atoms with van der Waals surface area (Å²) in [7, 11) is 1.67. The van der Waals surface area contributed by atoms with Crippen LogP contribution in [0.1, 0.15) is 33.1 Å². The van der Waals surface area contributed by atoms with Crippen LogP contribution in [0.5, 0.6) is 0 Å². The van der Waals surface area contributed by atoms with E-state index < -0.39 is 0 Å². The Hall–Kier alpha value is -1.57. The molecule has 1 aliphatic rings. The van der Waals surface area contributed by atoms with Crippen molar-refractivity contribution in [2.24, 2.45) is 0 Å². The normalized spacial score (nSPS) is 19.8. The van der Waals surface area contributed by atoms with Gasteiger partial charge in [-0.15, -0.1) is 10.2 Å². The van der Waals surface area contributed by atoms with Gasteiger partial charge in [-0.2, -0.15) is 0 Å². The highest BCUT2D eigenvalue weighted by Gasteiger charge is 2.29. The summed E-state index contributed by atoms with van der Waals surface area (Å²) in [5, 5.41) is 10.1. The van der Waals surface area contributed by atoms with Crippen LogP contribution in [0.25, 0.3) is 11.4 Å². The Labute approximate surface area is 175 Å². The molecular weight excluding hydrogens is 396 g/mol. The molecule has 0 spiro atoms. The number of aromatic nitrogens is 3. The molecule has 3 rings (SSSR count). The molecule has 8 heteroatoms. The second-order valence-corrected chi connectivity index (χ2v) is 8.56. The minimum atomic E-state index is 0.166. The maximum atomic E-state index is 12.8. The van der Waals surface area contributed by atoms with Gasteiger partial charge in [0.05, 0.1) is 18.9 Å². The molecule has 0 aliphatic carbocycles. The Bertz CT molecular complexity index is 786. The molecule has 0 unspecified atom stereocenters.